The van der Waals surface area contributed by atoms with Gasteiger partial charge in [-0.3, -0.25) is 0 Å². The maximum absolute atomic E-state index is 4.43. The first-order chi connectivity index (χ1) is 17.8. The summed E-state index contributed by atoms with van der Waals surface area (Å²) in [6, 6.07) is 0. The fourth-order valence-electron chi connectivity index (χ4n) is 4.25. The first-order valence-electron chi connectivity index (χ1n) is 13.4. The Kier molecular flexibility index (Phi) is 11.3. The minimum Gasteiger partial charge on any atom is -0.572 e. The molecule has 4 heterocycles. The second-order valence-electron chi connectivity index (χ2n) is 12.3. The van der Waals surface area contributed by atoms with Crippen molar-refractivity contribution in [2.45, 2.75) is 94.9 Å². The quantitative estimate of drug-likeness (QED) is 0.244. The van der Waals surface area contributed by atoms with E-state index in [1.807, 2.05) is 38.6 Å². The van der Waals surface area contributed by atoms with E-state index in [0.29, 0.717) is 11.6 Å². The Balaban J connectivity index is 0.000000267. The smallest absolute Gasteiger partial charge is 0.572 e. The molecule has 39 heavy (non-hydrogen) atoms. The molecule has 0 aliphatic heterocycles. The summed E-state index contributed by atoms with van der Waals surface area (Å²) < 4.78 is 0. The molecule has 9 heteroatoms. The van der Waals surface area contributed by atoms with Crippen LogP contribution in [0.2, 0.25) is 0 Å². The van der Waals surface area contributed by atoms with Crippen LogP contribution >= 0.6 is 0 Å². The first-order valence-corrected chi connectivity index (χ1v) is 13.4. The van der Waals surface area contributed by atoms with Crippen molar-refractivity contribution in [3.8, 4) is 23.0 Å². The summed E-state index contributed by atoms with van der Waals surface area (Å²) in [5, 5.41) is 16.7. The van der Waals surface area contributed by atoms with Crippen molar-refractivity contribution in [2.24, 2.45) is 10.8 Å². The fourth-order valence-corrected chi connectivity index (χ4v) is 4.25. The summed E-state index contributed by atoms with van der Waals surface area (Å²) in [6.07, 6.45) is 11.3. The van der Waals surface area contributed by atoms with Crippen LogP contribution in [0.15, 0.2) is 24.8 Å². The molecule has 0 spiro atoms. The largest absolute Gasteiger partial charge is 2.00 e. The SMILES string of the molecule is CCc1n[n-]c(-c2ncc(CC(C)(C)C)cn2)c1C.CCc1n[n-]c(-c2ncc(CC(C)(C)C)cn2)c1C.[Pt+2]. The number of hydrogen-bond donors (Lipinski definition) is 0. The van der Waals surface area contributed by atoms with E-state index in [9.17, 15) is 0 Å². The second-order valence-corrected chi connectivity index (χ2v) is 12.3. The normalized spacial score (nSPS) is 11.5. The van der Waals surface area contributed by atoms with Gasteiger partial charge in [0.25, 0.3) is 0 Å². The molecule has 4 aromatic heterocycles. The van der Waals surface area contributed by atoms with E-state index in [2.05, 4.69) is 95.7 Å². The Labute approximate surface area is 248 Å². The standard InChI is InChI=1S/2C15H21N4.Pt/c2*1-6-12-10(2)13(19-18-12)14-16-8-11(9-17-14)7-15(3,4)5;/h2*8-9H,6-7H2,1-5H3;/q2*-1;+2. The van der Waals surface area contributed by atoms with Crippen molar-refractivity contribution >= 4 is 0 Å². The van der Waals surface area contributed by atoms with Crippen LogP contribution in [0.25, 0.3) is 23.0 Å². The minimum absolute atomic E-state index is 0. The molecule has 0 atom stereocenters. The molecule has 0 saturated carbocycles. The average Bonchev–Trinajstić information content (AvgIpc) is 3.40. The van der Waals surface area contributed by atoms with Gasteiger partial charge < -0.3 is 20.4 Å². The number of aromatic nitrogens is 8. The van der Waals surface area contributed by atoms with Crippen LogP contribution in [0.4, 0.5) is 0 Å². The van der Waals surface area contributed by atoms with E-state index in [1.165, 1.54) is 0 Å². The van der Waals surface area contributed by atoms with Crippen LogP contribution in [0.1, 0.15) is 89.0 Å². The van der Waals surface area contributed by atoms with Crippen molar-refractivity contribution in [2.75, 3.05) is 0 Å². The van der Waals surface area contributed by atoms with Gasteiger partial charge >= 0.3 is 21.1 Å². The molecule has 0 fully saturated rings. The van der Waals surface area contributed by atoms with E-state index < -0.39 is 0 Å². The fraction of sp³-hybridized carbons (Fsp3) is 0.533. The van der Waals surface area contributed by atoms with Gasteiger partial charge in [0.1, 0.15) is 11.6 Å². The van der Waals surface area contributed by atoms with Crippen LogP contribution in [0.3, 0.4) is 0 Å². The average molecular weight is 710 g/mol. The minimum atomic E-state index is 0. The van der Waals surface area contributed by atoms with Crippen molar-refractivity contribution in [1.29, 1.82) is 0 Å². The first kappa shape index (κ1) is 32.5. The number of hydrogen-bond acceptors (Lipinski definition) is 6. The monoisotopic (exact) mass is 709 g/mol. The van der Waals surface area contributed by atoms with Gasteiger partial charge in [0, 0.05) is 36.2 Å². The van der Waals surface area contributed by atoms with Gasteiger partial charge in [0.2, 0.25) is 0 Å². The van der Waals surface area contributed by atoms with Crippen molar-refractivity contribution in [1.82, 2.24) is 40.3 Å². The van der Waals surface area contributed by atoms with Crippen molar-refractivity contribution in [3.63, 3.8) is 0 Å². The third-order valence-corrected chi connectivity index (χ3v) is 6.09. The van der Waals surface area contributed by atoms with Crippen LogP contribution in [0.5, 0.6) is 0 Å². The summed E-state index contributed by atoms with van der Waals surface area (Å²) in [5.74, 6) is 1.34. The summed E-state index contributed by atoms with van der Waals surface area (Å²) in [6.45, 7) is 21.5. The molecule has 4 rings (SSSR count). The van der Waals surface area contributed by atoms with E-state index in [-0.39, 0.29) is 31.9 Å². The maximum atomic E-state index is 4.43. The van der Waals surface area contributed by atoms with Gasteiger partial charge in [-0.15, -0.1) is 0 Å². The van der Waals surface area contributed by atoms with Crippen LogP contribution in [0, 0.1) is 24.7 Å². The number of rotatable bonds is 6. The number of nitrogens with zero attached hydrogens (tertiary/aromatic N) is 8. The maximum Gasteiger partial charge on any atom is 2.00 e. The van der Waals surface area contributed by atoms with Crippen molar-refractivity contribution < 1.29 is 21.1 Å². The molecular weight excluding hydrogens is 667 g/mol. The molecule has 0 bridgehead atoms. The van der Waals surface area contributed by atoms with E-state index in [1.54, 1.807) is 0 Å². The van der Waals surface area contributed by atoms with Gasteiger partial charge in [0.05, 0.1) is 0 Å². The Morgan fingerprint density at radius 2 is 0.897 bits per heavy atom. The molecule has 0 N–H and O–H groups in total. The number of aryl methyl sites for hydroxylation is 2. The third-order valence-electron chi connectivity index (χ3n) is 6.09. The summed E-state index contributed by atoms with van der Waals surface area (Å²) in [4.78, 5) is 17.7. The predicted octanol–water partition coefficient (Wildman–Crippen LogP) is 5.91. The van der Waals surface area contributed by atoms with Gasteiger partial charge in [-0.05, 0) is 72.6 Å². The van der Waals surface area contributed by atoms with Gasteiger partial charge in [-0.1, -0.05) is 66.8 Å². The third kappa shape index (κ3) is 9.16. The van der Waals surface area contributed by atoms with E-state index in [4.69, 9.17) is 0 Å². The molecule has 4 aromatic rings. The van der Waals surface area contributed by atoms with Gasteiger partial charge in [-0.25, -0.2) is 19.9 Å². The Bertz CT molecular complexity index is 1200. The van der Waals surface area contributed by atoms with Crippen LogP contribution in [-0.2, 0) is 46.7 Å². The summed E-state index contributed by atoms with van der Waals surface area (Å²) in [7, 11) is 0. The van der Waals surface area contributed by atoms with Gasteiger partial charge in [-0.2, -0.15) is 0 Å². The molecule has 212 valence electrons. The van der Waals surface area contributed by atoms with Crippen LogP contribution in [-0.4, -0.2) is 30.1 Å². The topological polar surface area (TPSA) is 106 Å². The van der Waals surface area contributed by atoms with Gasteiger partial charge in [0.15, 0.2) is 0 Å². The molecule has 0 aliphatic carbocycles. The molecule has 0 aromatic carbocycles. The van der Waals surface area contributed by atoms with E-state index >= 15 is 0 Å². The Hall–Kier alpha value is -2.73. The Morgan fingerprint density at radius 3 is 1.13 bits per heavy atom. The molecule has 0 radical (unpaired) electrons. The molecule has 8 nitrogen and oxygen atoms in total. The molecule has 0 aliphatic rings. The molecule has 0 amide bonds. The molecule has 0 saturated heterocycles. The van der Waals surface area contributed by atoms with E-state index in [0.717, 1.165) is 70.7 Å². The Morgan fingerprint density at radius 1 is 0.590 bits per heavy atom. The van der Waals surface area contributed by atoms with Crippen molar-refractivity contribution in [3.05, 3.63) is 58.4 Å². The molecular formula is C30H42N8Pt. The zero-order chi connectivity index (χ0) is 28.1. The second kappa shape index (κ2) is 13.6. The summed E-state index contributed by atoms with van der Waals surface area (Å²) >= 11 is 0. The summed E-state index contributed by atoms with van der Waals surface area (Å²) in [5.41, 5.74) is 8.64. The predicted molar refractivity (Wildman–Crippen MR) is 152 cm³/mol. The molecule has 0 unspecified atom stereocenters. The zero-order valence-corrected chi connectivity index (χ0v) is 27.3. The van der Waals surface area contributed by atoms with Crippen LogP contribution < -0.4 is 10.2 Å². The zero-order valence-electron chi connectivity index (χ0n) is 25.0.